The van der Waals surface area contributed by atoms with Crippen molar-refractivity contribution in [3.05, 3.63) is 34.0 Å². The van der Waals surface area contributed by atoms with Crippen LogP contribution in [0.2, 0.25) is 0 Å². The third-order valence-electron chi connectivity index (χ3n) is 4.20. The van der Waals surface area contributed by atoms with Crippen LogP contribution in [0.4, 0.5) is 0 Å². The average molecular weight is 489 g/mol. The van der Waals surface area contributed by atoms with Crippen molar-refractivity contribution in [1.82, 2.24) is 0 Å². The van der Waals surface area contributed by atoms with E-state index in [-0.39, 0.29) is 13.2 Å². The molecule has 3 aromatic rings. The van der Waals surface area contributed by atoms with Gasteiger partial charge in [-0.15, -0.1) is 34.0 Å². The molecule has 0 amide bonds. The second kappa shape index (κ2) is 8.92. The Kier molecular flexibility index (Phi) is 7.12. The molecule has 0 bridgehead atoms. The molecule has 3 aromatic heterocycles. The molecule has 0 aliphatic heterocycles. The second-order valence-corrected chi connectivity index (χ2v) is 15.7. The van der Waals surface area contributed by atoms with E-state index in [1.165, 1.54) is 4.88 Å². The maximum absolute atomic E-state index is 14.0. The van der Waals surface area contributed by atoms with Crippen molar-refractivity contribution in [1.29, 1.82) is 0 Å². The summed E-state index contributed by atoms with van der Waals surface area (Å²) < 4.78 is 39.0. The van der Waals surface area contributed by atoms with Gasteiger partial charge >= 0.3 is 7.60 Å². The summed E-state index contributed by atoms with van der Waals surface area (Å²) in [5.74, 6) is 0. The third-order valence-corrected chi connectivity index (χ3v) is 11.9. The van der Waals surface area contributed by atoms with Crippen LogP contribution in [0.5, 0.6) is 0 Å². The Hall–Kier alpha value is -0.520. The van der Waals surface area contributed by atoms with Crippen LogP contribution in [-0.4, -0.2) is 26.5 Å². The Morgan fingerprint density at radius 3 is 1.55 bits per heavy atom. The van der Waals surface area contributed by atoms with E-state index in [2.05, 4.69) is 13.0 Å². The number of hydrogen-bond donors (Lipinski definition) is 0. The molecular weight excluding hydrogens is 462 g/mol. The molecule has 0 saturated heterocycles. The molecule has 4 nitrogen and oxygen atoms in total. The van der Waals surface area contributed by atoms with Crippen molar-refractivity contribution in [3.8, 4) is 19.5 Å². The van der Waals surface area contributed by atoms with Gasteiger partial charge in [-0.05, 0) is 65.3 Å². The highest BCUT2D eigenvalue weighted by molar-refractivity contribution is 7.75. The van der Waals surface area contributed by atoms with Gasteiger partial charge in [0.2, 0.25) is 0 Å². The molecule has 0 atom stereocenters. The van der Waals surface area contributed by atoms with Crippen LogP contribution in [0.1, 0.15) is 23.6 Å². The molecule has 0 radical (unpaired) electrons. The molecule has 0 aliphatic rings. The lowest BCUT2D eigenvalue weighted by molar-refractivity contribution is 0.230. The van der Waals surface area contributed by atoms with E-state index < -0.39 is 14.7 Å². The standard InChI is InChI=1S/C20H26O4P2S3/c1-7-23-26(22,24-8-2)18-17(25(5,6)21)19(15-11-9-13(3)27-15)29-20(18)16-12-10-14(4)28-16/h9-12H,7-8H2,1-6H3. The van der Waals surface area contributed by atoms with E-state index in [9.17, 15) is 9.13 Å². The van der Waals surface area contributed by atoms with E-state index in [1.54, 1.807) is 61.2 Å². The maximum atomic E-state index is 14.0. The lowest BCUT2D eigenvalue weighted by Gasteiger charge is -2.21. The fraction of sp³-hybridized carbons (Fsp3) is 0.400. The van der Waals surface area contributed by atoms with Crippen molar-refractivity contribution in [2.75, 3.05) is 26.5 Å². The van der Waals surface area contributed by atoms with Crippen LogP contribution in [0, 0.1) is 13.8 Å². The van der Waals surface area contributed by atoms with Gasteiger partial charge in [0, 0.05) is 24.8 Å². The van der Waals surface area contributed by atoms with Gasteiger partial charge in [-0.2, -0.15) is 0 Å². The number of hydrogen-bond acceptors (Lipinski definition) is 7. The summed E-state index contributed by atoms with van der Waals surface area (Å²) >= 11 is 4.83. The first-order chi connectivity index (χ1) is 13.6. The first-order valence-corrected chi connectivity index (χ1v) is 16.0. The van der Waals surface area contributed by atoms with Crippen LogP contribution in [0.25, 0.3) is 19.5 Å². The molecule has 0 aromatic carbocycles. The molecule has 0 N–H and O–H groups in total. The largest absolute Gasteiger partial charge is 0.363 e. The fourth-order valence-electron chi connectivity index (χ4n) is 3.12. The zero-order valence-electron chi connectivity index (χ0n) is 17.5. The van der Waals surface area contributed by atoms with E-state index in [1.807, 2.05) is 25.1 Å². The third kappa shape index (κ3) is 4.72. The van der Waals surface area contributed by atoms with Crippen molar-refractivity contribution < 1.29 is 18.2 Å². The predicted molar refractivity (Wildman–Crippen MR) is 130 cm³/mol. The SMILES string of the molecule is CCOP(=O)(OCC)c1c(-c2ccc(C)s2)sc(-c2ccc(C)s2)c1P(C)(C)=O. The van der Waals surface area contributed by atoms with E-state index >= 15 is 0 Å². The van der Waals surface area contributed by atoms with Gasteiger partial charge in [-0.1, -0.05) is 0 Å². The summed E-state index contributed by atoms with van der Waals surface area (Å²) in [4.78, 5) is 6.12. The highest BCUT2D eigenvalue weighted by atomic mass is 32.1. The highest BCUT2D eigenvalue weighted by Gasteiger charge is 2.41. The molecule has 0 aliphatic carbocycles. The molecule has 3 rings (SSSR count). The summed E-state index contributed by atoms with van der Waals surface area (Å²) in [5.41, 5.74) is 0. The maximum Gasteiger partial charge on any atom is 0.363 e. The molecule has 29 heavy (non-hydrogen) atoms. The van der Waals surface area contributed by atoms with Gasteiger partial charge in [0.1, 0.15) is 7.14 Å². The van der Waals surface area contributed by atoms with Crippen molar-refractivity contribution in [2.45, 2.75) is 27.7 Å². The number of thiophene rings is 3. The van der Waals surface area contributed by atoms with Crippen LogP contribution in [0.15, 0.2) is 24.3 Å². The van der Waals surface area contributed by atoms with Crippen molar-refractivity contribution in [2.24, 2.45) is 0 Å². The first kappa shape index (κ1) is 23.1. The molecule has 9 heteroatoms. The Balaban J connectivity index is 2.43. The monoisotopic (exact) mass is 488 g/mol. The summed E-state index contributed by atoms with van der Waals surface area (Å²) in [7, 11) is -6.44. The van der Waals surface area contributed by atoms with Gasteiger partial charge < -0.3 is 13.6 Å². The van der Waals surface area contributed by atoms with Gasteiger partial charge in [0.25, 0.3) is 0 Å². The van der Waals surface area contributed by atoms with E-state index in [0.717, 1.165) is 24.4 Å². The lowest BCUT2D eigenvalue weighted by atomic mass is 10.3. The number of rotatable bonds is 8. The molecule has 0 fully saturated rings. The zero-order chi connectivity index (χ0) is 21.4. The minimum absolute atomic E-state index is 0.251. The summed E-state index contributed by atoms with van der Waals surface area (Å²) in [6, 6.07) is 8.17. The molecule has 3 heterocycles. The van der Waals surface area contributed by atoms with Crippen LogP contribution in [-0.2, 0) is 18.2 Å². The molecule has 0 spiro atoms. The molecule has 0 unspecified atom stereocenters. The quantitative estimate of drug-likeness (QED) is 0.322. The molecule has 158 valence electrons. The van der Waals surface area contributed by atoms with Gasteiger partial charge in [-0.3, -0.25) is 4.57 Å². The van der Waals surface area contributed by atoms with Crippen LogP contribution < -0.4 is 10.6 Å². The second-order valence-electron chi connectivity index (χ2n) is 6.96. The summed E-state index contributed by atoms with van der Waals surface area (Å²) in [6.45, 7) is 11.7. The topological polar surface area (TPSA) is 52.6 Å². The Bertz CT molecular complexity index is 1090. The van der Waals surface area contributed by atoms with Gasteiger partial charge in [0.05, 0.1) is 28.3 Å². The van der Waals surface area contributed by atoms with Crippen LogP contribution >= 0.6 is 48.7 Å². The minimum Gasteiger partial charge on any atom is -0.319 e. The minimum atomic E-state index is -3.64. The Labute approximate surface area is 184 Å². The average Bonchev–Trinajstić information content (AvgIpc) is 3.32. The zero-order valence-corrected chi connectivity index (χ0v) is 21.7. The smallest absolute Gasteiger partial charge is 0.319 e. The van der Waals surface area contributed by atoms with Crippen molar-refractivity contribution in [3.63, 3.8) is 0 Å². The van der Waals surface area contributed by atoms with Gasteiger partial charge in [-0.25, -0.2) is 0 Å². The van der Waals surface area contributed by atoms with Crippen LogP contribution in [0.3, 0.4) is 0 Å². The number of aryl methyl sites for hydroxylation is 2. The Morgan fingerprint density at radius 2 is 1.21 bits per heavy atom. The van der Waals surface area contributed by atoms with E-state index in [4.69, 9.17) is 9.05 Å². The summed E-state index contributed by atoms with van der Waals surface area (Å²) in [6.07, 6.45) is 0. The van der Waals surface area contributed by atoms with Gasteiger partial charge in [0.15, 0.2) is 0 Å². The normalized spacial score (nSPS) is 12.6. The lowest BCUT2D eigenvalue weighted by Crippen LogP contribution is -2.26. The fourth-order valence-corrected chi connectivity index (χ4v) is 11.8. The van der Waals surface area contributed by atoms with E-state index in [0.29, 0.717) is 10.6 Å². The van der Waals surface area contributed by atoms with Crippen molar-refractivity contribution >= 4 is 59.4 Å². The molecular formula is C20H26O4P2S3. The Morgan fingerprint density at radius 1 is 0.759 bits per heavy atom. The predicted octanol–water partition coefficient (Wildman–Crippen LogP) is 6.96. The highest BCUT2D eigenvalue weighted by Crippen LogP contribution is 2.56. The molecule has 0 saturated carbocycles. The summed E-state index contributed by atoms with van der Waals surface area (Å²) in [5, 5.41) is 1.12. The first-order valence-electron chi connectivity index (χ1n) is 9.36.